The van der Waals surface area contributed by atoms with Crippen molar-refractivity contribution >= 4 is 17.5 Å². The monoisotopic (exact) mass is 296 g/mol. The minimum Gasteiger partial charge on any atom is -0.351 e. The second kappa shape index (κ2) is 7.25. The summed E-state index contributed by atoms with van der Waals surface area (Å²) < 4.78 is 0. The fourth-order valence-corrected chi connectivity index (χ4v) is 3.00. The van der Waals surface area contributed by atoms with E-state index in [0.29, 0.717) is 6.04 Å². The van der Waals surface area contributed by atoms with Crippen LogP contribution in [0, 0.1) is 0 Å². The van der Waals surface area contributed by atoms with Crippen molar-refractivity contribution in [3.05, 3.63) is 42.6 Å². The molecule has 0 aliphatic heterocycles. The molecular weight excluding hydrogens is 272 g/mol. The van der Waals surface area contributed by atoms with Gasteiger partial charge in [-0.1, -0.05) is 43.9 Å². The molecule has 3 rings (SSSR count). The third-order valence-corrected chi connectivity index (χ3v) is 4.32. The number of rotatable bonds is 4. The number of aromatic nitrogens is 2. The van der Waals surface area contributed by atoms with Gasteiger partial charge in [0, 0.05) is 25.0 Å². The molecule has 1 aliphatic carbocycles. The fourth-order valence-electron chi connectivity index (χ4n) is 3.00. The molecule has 0 spiro atoms. The zero-order valence-electron chi connectivity index (χ0n) is 13.2. The molecule has 1 aromatic heterocycles. The first-order valence-electron chi connectivity index (χ1n) is 8.21. The first kappa shape index (κ1) is 14.8. The van der Waals surface area contributed by atoms with Gasteiger partial charge in [0.1, 0.15) is 5.82 Å². The van der Waals surface area contributed by atoms with E-state index in [1.54, 1.807) is 0 Å². The molecule has 0 radical (unpaired) electrons. The fraction of sp³-hybridized carbons (Fsp3) is 0.444. The Kier molecular flexibility index (Phi) is 4.88. The van der Waals surface area contributed by atoms with E-state index in [-0.39, 0.29) is 0 Å². The standard InChI is InChI=1S/C18H24N4/c1-22(16-11-7-4-8-12-16)17-13-14-19-18(21-17)20-15-9-5-2-3-6-10-15/h4,7-8,11-15H,2-3,5-6,9-10H2,1H3,(H,19,20,21). The first-order chi connectivity index (χ1) is 10.8. The number of hydrogen-bond acceptors (Lipinski definition) is 4. The van der Waals surface area contributed by atoms with E-state index >= 15 is 0 Å². The largest absolute Gasteiger partial charge is 0.351 e. The van der Waals surface area contributed by atoms with Gasteiger partial charge in [-0.05, 0) is 31.0 Å². The number of para-hydroxylation sites is 1. The molecule has 4 nitrogen and oxygen atoms in total. The van der Waals surface area contributed by atoms with Gasteiger partial charge in [0.15, 0.2) is 0 Å². The Labute approximate surface area is 132 Å². The summed E-state index contributed by atoms with van der Waals surface area (Å²) in [6.45, 7) is 0. The normalized spacial score (nSPS) is 16.0. The van der Waals surface area contributed by atoms with E-state index in [1.807, 2.05) is 37.5 Å². The maximum absolute atomic E-state index is 4.68. The van der Waals surface area contributed by atoms with Crippen LogP contribution in [0.25, 0.3) is 0 Å². The van der Waals surface area contributed by atoms with Crippen molar-refractivity contribution in [1.29, 1.82) is 0 Å². The van der Waals surface area contributed by atoms with Crippen LogP contribution in [0.15, 0.2) is 42.6 Å². The van der Waals surface area contributed by atoms with E-state index in [4.69, 9.17) is 0 Å². The lowest BCUT2D eigenvalue weighted by Crippen LogP contribution is -2.21. The zero-order chi connectivity index (χ0) is 15.2. The van der Waals surface area contributed by atoms with Gasteiger partial charge in [0.25, 0.3) is 0 Å². The molecule has 0 amide bonds. The molecule has 2 aromatic rings. The van der Waals surface area contributed by atoms with Crippen LogP contribution in [0.5, 0.6) is 0 Å². The molecule has 1 saturated carbocycles. The summed E-state index contributed by atoms with van der Waals surface area (Å²) in [5.41, 5.74) is 1.13. The Hall–Kier alpha value is -2.10. The van der Waals surface area contributed by atoms with Crippen LogP contribution >= 0.6 is 0 Å². The topological polar surface area (TPSA) is 41.1 Å². The molecule has 1 heterocycles. The predicted molar refractivity (Wildman–Crippen MR) is 91.6 cm³/mol. The summed E-state index contributed by atoms with van der Waals surface area (Å²) in [4.78, 5) is 11.2. The number of anilines is 3. The van der Waals surface area contributed by atoms with Crippen LogP contribution in [-0.4, -0.2) is 23.1 Å². The van der Waals surface area contributed by atoms with Gasteiger partial charge in [-0.3, -0.25) is 0 Å². The van der Waals surface area contributed by atoms with Crippen LogP contribution in [0.2, 0.25) is 0 Å². The van der Waals surface area contributed by atoms with Crippen molar-refractivity contribution in [2.24, 2.45) is 0 Å². The predicted octanol–water partition coefficient (Wildman–Crippen LogP) is 4.38. The Morgan fingerprint density at radius 2 is 1.73 bits per heavy atom. The molecule has 0 saturated heterocycles. The lowest BCUT2D eigenvalue weighted by atomic mass is 10.1. The molecule has 22 heavy (non-hydrogen) atoms. The average molecular weight is 296 g/mol. The highest BCUT2D eigenvalue weighted by Crippen LogP contribution is 2.23. The van der Waals surface area contributed by atoms with Gasteiger partial charge in [0.05, 0.1) is 0 Å². The number of nitrogens with one attached hydrogen (secondary N) is 1. The molecule has 0 atom stereocenters. The molecule has 1 N–H and O–H groups in total. The molecular formula is C18H24N4. The second-order valence-electron chi connectivity index (χ2n) is 5.97. The van der Waals surface area contributed by atoms with Crippen molar-refractivity contribution in [1.82, 2.24) is 9.97 Å². The third-order valence-electron chi connectivity index (χ3n) is 4.32. The van der Waals surface area contributed by atoms with Crippen LogP contribution in [0.3, 0.4) is 0 Å². The van der Waals surface area contributed by atoms with Crippen molar-refractivity contribution in [2.45, 2.75) is 44.6 Å². The third kappa shape index (κ3) is 3.75. The van der Waals surface area contributed by atoms with Crippen LogP contribution < -0.4 is 10.2 Å². The van der Waals surface area contributed by atoms with E-state index in [0.717, 1.165) is 17.5 Å². The van der Waals surface area contributed by atoms with Gasteiger partial charge in [-0.2, -0.15) is 4.98 Å². The summed E-state index contributed by atoms with van der Waals surface area (Å²) in [5, 5.41) is 3.52. The molecule has 1 aliphatic rings. The Morgan fingerprint density at radius 3 is 2.45 bits per heavy atom. The SMILES string of the molecule is CN(c1ccccc1)c1ccnc(NC2CCCCCC2)n1. The van der Waals surface area contributed by atoms with Crippen molar-refractivity contribution in [3.63, 3.8) is 0 Å². The summed E-state index contributed by atoms with van der Waals surface area (Å²) in [7, 11) is 2.03. The van der Waals surface area contributed by atoms with Crippen LogP contribution in [-0.2, 0) is 0 Å². The smallest absolute Gasteiger partial charge is 0.224 e. The maximum atomic E-state index is 4.68. The highest BCUT2D eigenvalue weighted by Gasteiger charge is 2.14. The Morgan fingerprint density at radius 1 is 1.00 bits per heavy atom. The molecule has 4 heteroatoms. The number of nitrogens with zero attached hydrogens (tertiary/aromatic N) is 3. The minimum atomic E-state index is 0.514. The molecule has 1 aromatic carbocycles. The van der Waals surface area contributed by atoms with Crippen molar-refractivity contribution in [2.75, 3.05) is 17.3 Å². The maximum Gasteiger partial charge on any atom is 0.224 e. The molecule has 116 valence electrons. The van der Waals surface area contributed by atoms with Gasteiger partial charge in [-0.25, -0.2) is 4.98 Å². The minimum absolute atomic E-state index is 0.514. The quantitative estimate of drug-likeness (QED) is 0.850. The van der Waals surface area contributed by atoms with E-state index in [1.165, 1.54) is 38.5 Å². The number of benzene rings is 1. The highest BCUT2D eigenvalue weighted by molar-refractivity contribution is 5.59. The van der Waals surface area contributed by atoms with E-state index in [2.05, 4.69) is 32.3 Å². The van der Waals surface area contributed by atoms with Gasteiger partial charge >= 0.3 is 0 Å². The number of hydrogen-bond donors (Lipinski definition) is 1. The van der Waals surface area contributed by atoms with Crippen molar-refractivity contribution < 1.29 is 0 Å². The molecule has 0 bridgehead atoms. The summed E-state index contributed by atoms with van der Waals surface area (Å²) >= 11 is 0. The van der Waals surface area contributed by atoms with E-state index < -0.39 is 0 Å². The van der Waals surface area contributed by atoms with Crippen LogP contribution in [0.1, 0.15) is 38.5 Å². The second-order valence-corrected chi connectivity index (χ2v) is 5.97. The van der Waals surface area contributed by atoms with Crippen LogP contribution in [0.4, 0.5) is 17.5 Å². The summed E-state index contributed by atoms with van der Waals surface area (Å²) in [6, 6.07) is 12.7. The highest BCUT2D eigenvalue weighted by atomic mass is 15.2. The Balaban J connectivity index is 1.72. The molecule has 1 fully saturated rings. The van der Waals surface area contributed by atoms with Crippen molar-refractivity contribution in [3.8, 4) is 0 Å². The Bertz CT molecular complexity index is 577. The zero-order valence-corrected chi connectivity index (χ0v) is 13.2. The lowest BCUT2D eigenvalue weighted by molar-refractivity contribution is 0.615. The van der Waals surface area contributed by atoms with E-state index in [9.17, 15) is 0 Å². The summed E-state index contributed by atoms with van der Waals surface area (Å²) in [5.74, 6) is 1.66. The first-order valence-corrected chi connectivity index (χ1v) is 8.21. The van der Waals surface area contributed by atoms with Gasteiger partial charge in [0.2, 0.25) is 5.95 Å². The average Bonchev–Trinajstić information content (AvgIpc) is 2.84. The lowest BCUT2D eigenvalue weighted by Gasteiger charge is -2.20. The molecule has 0 unspecified atom stereocenters. The summed E-state index contributed by atoms with van der Waals surface area (Å²) in [6.07, 6.45) is 9.61. The van der Waals surface area contributed by atoms with Gasteiger partial charge < -0.3 is 10.2 Å². The van der Waals surface area contributed by atoms with Gasteiger partial charge in [-0.15, -0.1) is 0 Å².